The average Bonchev–Trinajstić information content (AvgIpc) is 2.87. The number of hydrogen-bond donors (Lipinski definition) is 1. The van der Waals surface area contributed by atoms with Crippen molar-refractivity contribution in [3.8, 4) is 0 Å². The van der Waals surface area contributed by atoms with E-state index < -0.39 is 0 Å². The van der Waals surface area contributed by atoms with Crippen molar-refractivity contribution in [2.45, 2.75) is 39.5 Å². The van der Waals surface area contributed by atoms with E-state index in [0.29, 0.717) is 5.90 Å². The summed E-state index contributed by atoms with van der Waals surface area (Å²) in [6.07, 6.45) is 4.00. The highest BCUT2D eigenvalue weighted by Gasteiger charge is 2.14. The lowest BCUT2D eigenvalue weighted by Crippen LogP contribution is -2.05. The number of hydrogen-bond acceptors (Lipinski definition) is 3. The van der Waals surface area contributed by atoms with Gasteiger partial charge in [-0.2, -0.15) is 0 Å². The first-order chi connectivity index (χ1) is 10.6. The first-order valence-electron chi connectivity index (χ1n) is 8.01. The first kappa shape index (κ1) is 16.3. The third-order valence-electron chi connectivity index (χ3n) is 3.87. The molecule has 1 aliphatic rings. The van der Waals surface area contributed by atoms with E-state index in [1.165, 1.54) is 22.4 Å². The Morgan fingerprint density at radius 1 is 1.36 bits per heavy atom. The molecule has 0 radical (unpaired) electrons. The number of aryl methyl sites for hydroxylation is 1. The molecule has 0 bridgehead atoms. The Hall–Kier alpha value is -2.03. The minimum atomic E-state index is 0.697. The van der Waals surface area contributed by atoms with Crippen LogP contribution in [0.3, 0.4) is 0 Å². The highest BCUT2D eigenvalue weighted by molar-refractivity contribution is 5.74. The molecule has 22 heavy (non-hydrogen) atoms. The Morgan fingerprint density at radius 2 is 2.18 bits per heavy atom. The average molecular weight is 298 g/mol. The largest absolute Gasteiger partial charge is 0.449 e. The first-order valence-corrected chi connectivity index (χ1v) is 8.01. The summed E-state index contributed by atoms with van der Waals surface area (Å²) in [7, 11) is 0. The number of benzene rings is 1. The minimum absolute atomic E-state index is 0.697. The van der Waals surface area contributed by atoms with E-state index in [1.54, 1.807) is 0 Å². The molecule has 3 heteroatoms. The molecule has 0 atom stereocenters. The van der Waals surface area contributed by atoms with E-state index in [4.69, 9.17) is 4.74 Å². The third-order valence-corrected chi connectivity index (χ3v) is 3.87. The normalized spacial score (nSPS) is 13.9. The molecule has 0 saturated carbocycles. The van der Waals surface area contributed by atoms with E-state index in [0.717, 1.165) is 44.5 Å². The van der Waals surface area contributed by atoms with E-state index in [1.807, 2.05) is 13.8 Å². The molecule has 0 unspecified atom stereocenters. The summed E-state index contributed by atoms with van der Waals surface area (Å²) in [5.74, 6) is 1.46. The molecule has 118 valence electrons. The lowest BCUT2D eigenvalue weighted by atomic mass is 10.1. The van der Waals surface area contributed by atoms with Gasteiger partial charge in [-0.25, -0.2) is 0 Å². The summed E-state index contributed by atoms with van der Waals surface area (Å²) in [6.45, 7) is 13.5. The lowest BCUT2D eigenvalue weighted by Gasteiger charge is -2.08. The van der Waals surface area contributed by atoms with Gasteiger partial charge in [-0.05, 0) is 48.1 Å². The Morgan fingerprint density at radius 3 is 2.95 bits per heavy atom. The fourth-order valence-electron chi connectivity index (χ4n) is 2.54. The topological polar surface area (TPSA) is 33.6 Å². The van der Waals surface area contributed by atoms with Crippen molar-refractivity contribution in [1.82, 2.24) is 0 Å². The Labute approximate surface area is 133 Å². The van der Waals surface area contributed by atoms with Gasteiger partial charge in [0, 0.05) is 32.1 Å². The predicted molar refractivity (Wildman–Crippen MR) is 95.4 cm³/mol. The van der Waals surface area contributed by atoms with E-state index >= 15 is 0 Å². The number of allylic oxidation sites excluding steroid dienone is 2. The number of nitrogens with zero attached hydrogens (tertiary/aromatic N) is 1. The van der Waals surface area contributed by atoms with Crippen LogP contribution >= 0.6 is 0 Å². The summed E-state index contributed by atoms with van der Waals surface area (Å²) in [5, 5.41) is 3.46. The van der Waals surface area contributed by atoms with Gasteiger partial charge in [0.05, 0.1) is 5.76 Å². The van der Waals surface area contributed by atoms with Gasteiger partial charge >= 0.3 is 0 Å². The molecule has 1 aliphatic carbocycles. The number of fused-ring (bicyclic) bond motifs is 1. The second kappa shape index (κ2) is 7.83. The molecule has 2 rings (SSSR count). The number of rotatable bonds is 7. The summed E-state index contributed by atoms with van der Waals surface area (Å²) >= 11 is 0. The maximum atomic E-state index is 5.45. The number of aliphatic imine (C=N–C) groups is 1. The maximum Gasteiger partial charge on any atom is 0.186 e. The van der Waals surface area contributed by atoms with Crippen molar-refractivity contribution in [1.29, 1.82) is 0 Å². The van der Waals surface area contributed by atoms with Gasteiger partial charge in [0.15, 0.2) is 5.90 Å². The van der Waals surface area contributed by atoms with Crippen LogP contribution in [-0.4, -0.2) is 19.0 Å². The number of nitrogens with one attached hydrogen (secondary N) is 1. The van der Waals surface area contributed by atoms with Crippen LogP contribution in [0.2, 0.25) is 0 Å². The SMILES string of the molecule is C=C(CC)OC(C)=NCCCNc1ccc2c(c1)CCC2=C. The van der Waals surface area contributed by atoms with Gasteiger partial charge in [-0.1, -0.05) is 26.1 Å². The molecule has 1 aromatic rings. The highest BCUT2D eigenvalue weighted by atomic mass is 16.5. The summed E-state index contributed by atoms with van der Waals surface area (Å²) < 4.78 is 5.45. The molecule has 0 spiro atoms. The van der Waals surface area contributed by atoms with Crippen molar-refractivity contribution < 1.29 is 4.74 Å². The van der Waals surface area contributed by atoms with Crippen LogP contribution in [0.1, 0.15) is 44.2 Å². The zero-order chi connectivity index (χ0) is 15.9. The fraction of sp³-hybridized carbons (Fsp3) is 0.421. The quantitative estimate of drug-likeness (QED) is 0.339. The molecule has 3 nitrogen and oxygen atoms in total. The Bertz CT molecular complexity index is 587. The minimum Gasteiger partial charge on any atom is -0.449 e. The Balaban J connectivity index is 1.72. The molecule has 0 aliphatic heterocycles. The molecule has 0 aromatic heterocycles. The van der Waals surface area contributed by atoms with Crippen LogP contribution in [0.5, 0.6) is 0 Å². The second-order valence-corrected chi connectivity index (χ2v) is 5.65. The maximum absolute atomic E-state index is 5.45. The van der Waals surface area contributed by atoms with Crippen LogP contribution in [0.4, 0.5) is 5.69 Å². The standard InChI is InChI=1S/C19H26N2O/c1-5-15(3)22-16(4)20-11-6-12-21-18-9-10-19-14(2)7-8-17(19)13-18/h9-10,13,21H,2-3,5-8,11-12H2,1,4H3. The number of ether oxygens (including phenoxy) is 1. The molecule has 0 saturated heterocycles. The van der Waals surface area contributed by atoms with E-state index in [-0.39, 0.29) is 0 Å². The van der Waals surface area contributed by atoms with E-state index in [9.17, 15) is 0 Å². The fourth-order valence-corrected chi connectivity index (χ4v) is 2.54. The van der Waals surface area contributed by atoms with Crippen LogP contribution < -0.4 is 5.32 Å². The highest BCUT2D eigenvalue weighted by Crippen LogP contribution is 2.32. The molecular weight excluding hydrogens is 272 g/mol. The lowest BCUT2D eigenvalue weighted by molar-refractivity contribution is 0.396. The van der Waals surface area contributed by atoms with Gasteiger partial charge in [0.1, 0.15) is 0 Å². The van der Waals surface area contributed by atoms with Crippen LogP contribution in [0.25, 0.3) is 5.57 Å². The van der Waals surface area contributed by atoms with Gasteiger partial charge in [0.2, 0.25) is 0 Å². The summed E-state index contributed by atoms with van der Waals surface area (Å²) in [6, 6.07) is 6.56. The summed E-state index contributed by atoms with van der Waals surface area (Å²) in [4.78, 5) is 4.39. The number of anilines is 1. The van der Waals surface area contributed by atoms with Gasteiger partial charge in [0.25, 0.3) is 0 Å². The zero-order valence-corrected chi connectivity index (χ0v) is 13.7. The molecule has 0 amide bonds. The van der Waals surface area contributed by atoms with Crippen LogP contribution in [0, 0.1) is 0 Å². The van der Waals surface area contributed by atoms with Crippen molar-refractivity contribution in [2.24, 2.45) is 4.99 Å². The third kappa shape index (κ3) is 4.48. The smallest absolute Gasteiger partial charge is 0.186 e. The zero-order valence-electron chi connectivity index (χ0n) is 13.7. The van der Waals surface area contributed by atoms with Crippen molar-refractivity contribution in [3.63, 3.8) is 0 Å². The molecule has 1 aromatic carbocycles. The molecular formula is C19H26N2O. The van der Waals surface area contributed by atoms with Crippen molar-refractivity contribution >= 4 is 17.2 Å². The van der Waals surface area contributed by atoms with Gasteiger partial charge < -0.3 is 10.1 Å². The predicted octanol–water partition coefficient (Wildman–Crippen LogP) is 4.81. The van der Waals surface area contributed by atoms with Crippen molar-refractivity contribution in [2.75, 3.05) is 18.4 Å². The Kier molecular flexibility index (Phi) is 5.82. The van der Waals surface area contributed by atoms with Gasteiger partial charge in [-0.15, -0.1) is 0 Å². The monoisotopic (exact) mass is 298 g/mol. The van der Waals surface area contributed by atoms with Gasteiger partial charge in [-0.3, -0.25) is 4.99 Å². The van der Waals surface area contributed by atoms with E-state index in [2.05, 4.69) is 41.7 Å². The molecule has 1 N–H and O–H groups in total. The van der Waals surface area contributed by atoms with Crippen molar-refractivity contribution in [3.05, 3.63) is 48.2 Å². The molecule has 0 heterocycles. The molecule has 0 fully saturated rings. The van der Waals surface area contributed by atoms with Crippen LogP contribution in [-0.2, 0) is 11.2 Å². The van der Waals surface area contributed by atoms with Crippen LogP contribution in [0.15, 0.2) is 42.1 Å². The second-order valence-electron chi connectivity index (χ2n) is 5.65. The summed E-state index contributed by atoms with van der Waals surface area (Å²) in [5.41, 5.74) is 5.19.